The molecule has 0 saturated carbocycles. The second kappa shape index (κ2) is 15.7. The lowest BCUT2D eigenvalue weighted by atomic mass is 9.93. The number of benzene rings is 1. The van der Waals surface area contributed by atoms with Gasteiger partial charge in [0.1, 0.15) is 29.6 Å². The third-order valence-electron chi connectivity index (χ3n) is 9.52. The molecule has 13 nitrogen and oxygen atoms in total. The summed E-state index contributed by atoms with van der Waals surface area (Å²) in [5.74, 6) is 0.784. The molecule has 2 saturated heterocycles. The number of methoxy groups -OCH3 is 1. The molecule has 0 radical (unpaired) electrons. The van der Waals surface area contributed by atoms with Crippen molar-refractivity contribution in [2.45, 2.75) is 44.2 Å². The van der Waals surface area contributed by atoms with Gasteiger partial charge in [0.15, 0.2) is 0 Å². The monoisotopic (exact) mass is 646 g/mol. The number of carbonyl (C=O) groups is 2. The lowest BCUT2D eigenvalue weighted by molar-refractivity contribution is -0.134. The predicted octanol–water partition coefficient (Wildman–Crippen LogP) is 2.06. The van der Waals surface area contributed by atoms with Gasteiger partial charge in [-0.3, -0.25) is 14.5 Å². The molecule has 6 heterocycles. The van der Waals surface area contributed by atoms with E-state index in [1.165, 1.54) is 0 Å². The summed E-state index contributed by atoms with van der Waals surface area (Å²) in [6.45, 7) is 6.63. The van der Waals surface area contributed by atoms with Gasteiger partial charge in [-0.1, -0.05) is 17.3 Å². The first kappa shape index (κ1) is 32.9. The van der Waals surface area contributed by atoms with Crippen LogP contribution in [0.2, 0.25) is 0 Å². The molecule has 2 aromatic heterocycles. The van der Waals surface area contributed by atoms with Crippen LogP contribution in [0.15, 0.2) is 48.8 Å². The van der Waals surface area contributed by atoms with E-state index < -0.39 is 11.9 Å². The molecule has 1 aromatic carbocycles. The number of rotatable bonds is 5. The molecule has 2 fully saturated rings. The summed E-state index contributed by atoms with van der Waals surface area (Å²) in [4.78, 5) is 39.0. The van der Waals surface area contributed by atoms with E-state index in [1.807, 2.05) is 29.2 Å². The van der Waals surface area contributed by atoms with Gasteiger partial charge >= 0.3 is 0 Å². The van der Waals surface area contributed by atoms with Crippen LogP contribution in [0.4, 0.5) is 0 Å². The van der Waals surface area contributed by atoms with Crippen LogP contribution >= 0.6 is 0 Å². The molecule has 7 rings (SSSR count). The Bertz CT molecular complexity index is 1480. The van der Waals surface area contributed by atoms with E-state index in [1.54, 1.807) is 36.3 Å². The number of para-hydroxylation sites is 2. The number of carbonyl (C=O) groups excluding carboxylic acids is 2. The fraction of sp³-hybridized carbons (Fsp3) is 0.559. The van der Waals surface area contributed by atoms with Crippen molar-refractivity contribution in [2.75, 3.05) is 73.2 Å². The van der Waals surface area contributed by atoms with Gasteiger partial charge in [0.2, 0.25) is 11.8 Å². The normalized spacial score (nSPS) is 23.0. The molecule has 2 amide bonds. The lowest BCUT2D eigenvalue weighted by Crippen LogP contribution is -2.53. The number of piperidine rings is 2. The lowest BCUT2D eigenvalue weighted by Gasteiger charge is -2.41. The molecular formula is C34H46N8O5. The first-order valence-electron chi connectivity index (χ1n) is 16.7. The van der Waals surface area contributed by atoms with Crippen LogP contribution in [0, 0.1) is 5.92 Å². The maximum Gasteiger partial charge on any atom is 0.257 e. The Labute approximate surface area is 276 Å². The Balaban J connectivity index is 1.22. The topological polar surface area (TPSA) is 127 Å². The molecule has 1 N–H and O–H groups in total. The van der Waals surface area contributed by atoms with Gasteiger partial charge in [0.25, 0.3) is 5.91 Å². The summed E-state index contributed by atoms with van der Waals surface area (Å²) in [5, 5.41) is 11.6. The summed E-state index contributed by atoms with van der Waals surface area (Å²) in [5.41, 5.74) is 1.56. The zero-order chi connectivity index (χ0) is 32.6. The van der Waals surface area contributed by atoms with E-state index in [4.69, 9.17) is 14.2 Å². The Kier molecular flexibility index (Phi) is 11.0. The maximum absolute atomic E-state index is 14.1. The fourth-order valence-electron chi connectivity index (χ4n) is 6.80. The Morgan fingerprint density at radius 3 is 2.57 bits per heavy atom. The molecule has 2 bridgehead atoms. The third-order valence-corrected chi connectivity index (χ3v) is 9.52. The molecule has 13 heteroatoms. The van der Waals surface area contributed by atoms with E-state index in [2.05, 4.69) is 37.5 Å². The Morgan fingerprint density at radius 2 is 1.77 bits per heavy atom. The van der Waals surface area contributed by atoms with Gasteiger partial charge in [0.05, 0.1) is 32.2 Å². The minimum Gasteiger partial charge on any atom is -0.494 e. The minimum atomic E-state index is -0.854. The second-order valence-electron chi connectivity index (χ2n) is 12.7. The van der Waals surface area contributed by atoms with Crippen molar-refractivity contribution >= 4 is 11.8 Å². The van der Waals surface area contributed by atoms with Gasteiger partial charge < -0.3 is 29.3 Å². The summed E-state index contributed by atoms with van der Waals surface area (Å²) in [7, 11) is 3.79. The highest BCUT2D eigenvalue weighted by molar-refractivity contribution is 5.99. The first-order valence-corrected chi connectivity index (χ1v) is 16.7. The highest BCUT2D eigenvalue weighted by Crippen LogP contribution is 2.25. The number of hydrogen-bond acceptors (Lipinski definition) is 10. The van der Waals surface area contributed by atoms with Crippen LogP contribution in [0.1, 0.15) is 41.7 Å². The standard InChI is InChI=1S/C34H46N8O5/c1-39-14-11-27(12-15-39)41-18-19-46-20-21-47-33-28(6-5-13-35-33)32(43)36-29(34(44)40-16-9-25(23-41)10-17-40)22-26-24-42(38-37-26)30-7-3-4-8-31(30)45-2/h3-8,13,24-25,27,29H,9-12,14-23H2,1-2H3,(H,36,43)/t29-/m1/s1. The maximum atomic E-state index is 14.1. The number of hydrogen-bond donors (Lipinski definition) is 1. The molecular weight excluding hydrogens is 600 g/mol. The largest absolute Gasteiger partial charge is 0.494 e. The Hall–Kier alpha value is -4.07. The number of amides is 2. The number of nitrogens with zero attached hydrogens (tertiary/aromatic N) is 7. The van der Waals surface area contributed by atoms with Crippen LogP contribution in [-0.4, -0.2) is 132 Å². The van der Waals surface area contributed by atoms with Gasteiger partial charge in [-0.15, -0.1) is 5.10 Å². The van der Waals surface area contributed by atoms with Gasteiger partial charge in [-0.05, 0) is 76.0 Å². The third kappa shape index (κ3) is 8.27. The van der Waals surface area contributed by atoms with E-state index in [0.29, 0.717) is 49.7 Å². The summed E-state index contributed by atoms with van der Waals surface area (Å²) in [6.07, 6.45) is 7.67. The van der Waals surface area contributed by atoms with E-state index in [9.17, 15) is 9.59 Å². The summed E-state index contributed by atoms with van der Waals surface area (Å²) < 4.78 is 19.0. The van der Waals surface area contributed by atoms with Crippen molar-refractivity contribution in [3.8, 4) is 17.3 Å². The van der Waals surface area contributed by atoms with Gasteiger partial charge in [0, 0.05) is 44.8 Å². The molecule has 0 unspecified atom stereocenters. The van der Waals surface area contributed by atoms with Crippen molar-refractivity contribution in [1.29, 1.82) is 0 Å². The SMILES string of the molecule is COc1ccccc1-n1cc(C[C@H]2NC(=O)c3cccnc3OCCOCCN(C3CCN(C)CC3)CC3CCN(CC3)C2=O)nn1. The van der Waals surface area contributed by atoms with Gasteiger partial charge in [-0.25, -0.2) is 9.67 Å². The fourth-order valence-corrected chi connectivity index (χ4v) is 6.80. The summed E-state index contributed by atoms with van der Waals surface area (Å²) in [6, 6.07) is 10.5. The Morgan fingerprint density at radius 1 is 0.957 bits per heavy atom. The number of pyridine rings is 1. The van der Waals surface area contributed by atoms with Crippen molar-refractivity contribution in [1.82, 2.24) is 40.0 Å². The second-order valence-corrected chi connectivity index (χ2v) is 12.7. The molecule has 252 valence electrons. The smallest absolute Gasteiger partial charge is 0.257 e. The molecule has 3 aromatic rings. The number of nitrogens with one attached hydrogen (secondary N) is 1. The molecule has 47 heavy (non-hydrogen) atoms. The molecule has 1 atom stereocenters. The van der Waals surface area contributed by atoms with Crippen LogP contribution in [-0.2, 0) is 16.0 Å². The van der Waals surface area contributed by atoms with Crippen LogP contribution in [0.25, 0.3) is 5.69 Å². The minimum absolute atomic E-state index is 0.128. The summed E-state index contributed by atoms with van der Waals surface area (Å²) >= 11 is 0. The van der Waals surface area contributed by atoms with E-state index in [0.717, 1.165) is 57.5 Å². The van der Waals surface area contributed by atoms with Crippen molar-refractivity contribution in [3.05, 3.63) is 60.0 Å². The van der Waals surface area contributed by atoms with Crippen molar-refractivity contribution < 1.29 is 23.8 Å². The van der Waals surface area contributed by atoms with E-state index >= 15 is 0 Å². The number of likely N-dealkylation sites (tertiary alicyclic amines) is 1. The molecule has 0 spiro atoms. The van der Waals surface area contributed by atoms with E-state index in [-0.39, 0.29) is 30.4 Å². The van der Waals surface area contributed by atoms with Gasteiger partial charge in [-0.2, -0.15) is 0 Å². The van der Waals surface area contributed by atoms with Crippen LogP contribution in [0.3, 0.4) is 0 Å². The average Bonchev–Trinajstić information content (AvgIpc) is 3.57. The first-order chi connectivity index (χ1) is 23.0. The zero-order valence-corrected chi connectivity index (χ0v) is 27.4. The molecule has 4 aliphatic heterocycles. The molecule has 0 aliphatic carbocycles. The number of ether oxygens (including phenoxy) is 3. The highest BCUT2D eigenvalue weighted by Gasteiger charge is 2.33. The number of aromatic nitrogens is 4. The van der Waals surface area contributed by atoms with Crippen molar-refractivity contribution in [3.63, 3.8) is 0 Å². The number of fused-ring (bicyclic) bond motifs is 12. The zero-order valence-electron chi connectivity index (χ0n) is 27.4. The average molecular weight is 647 g/mol. The van der Waals surface area contributed by atoms with Crippen LogP contribution < -0.4 is 14.8 Å². The quantitative estimate of drug-likeness (QED) is 0.412. The molecule has 4 aliphatic rings. The van der Waals surface area contributed by atoms with Crippen LogP contribution in [0.5, 0.6) is 11.6 Å². The van der Waals surface area contributed by atoms with Crippen molar-refractivity contribution in [2.24, 2.45) is 5.92 Å². The highest BCUT2D eigenvalue weighted by atomic mass is 16.5. The predicted molar refractivity (Wildman–Crippen MR) is 175 cm³/mol.